The summed E-state index contributed by atoms with van der Waals surface area (Å²) in [6.45, 7) is 2.95. The molecule has 3 aromatic rings. The quantitative estimate of drug-likeness (QED) is 0.310. The predicted octanol–water partition coefficient (Wildman–Crippen LogP) is 4.16. The fourth-order valence-electron chi connectivity index (χ4n) is 3.03. The van der Waals surface area contributed by atoms with Crippen molar-refractivity contribution in [1.29, 1.82) is 5.41 Å². The molecule has 11 heteroatoms. The van der Waals surface area contributed by atoms with E-state index in [0.717, 1.165) is 18.5 Å². The number of benzene rings is 1. The van der Waals surface area contributed by atoms with Gasteiger partial charge in [0.1, 0.15) is 22.7 Å². The Morgan fingerprint density at radius 2 is 1.91 bits per heavy atom. The SMILES string of the molecule is CN/C(=C\C=N)C(=O)Nc1ccc(-c2ncc3nc(C(F)(F)F)cc(C)c3n2)c(C)c1F. The van der Waals surface area contributed by atoms with Crippen LogP contribution in [0.3, 0.4) is 0 Å². The number of anilines is 1. The summed E-state index contributed by atoms with van der Waals surface area (Å²) in [6, 6.07) is 3.73. The van der Waals surface area contributed by atoms with Gasteiger partial charge in [0, 0.05) is 18.8 Å². The third-order valence-electron chi connectivity index (χ3n) is 4.67. The molecule has 1 aromatic carbocycles. The second-order valence-electron chi connectivity index (χ2n) is 6.80. The van der Waals surface area contributed by atoms with Crippen LogP contribution < -0.4 is 10.6 Å². The second kappa shape index (κ2) is 8.69. The van der Waals surface area contributed by atoms with E-state index in [1.807, 2.05) is 0 Å². The smallest absolute Gasteiger partial charge is 0.384 e. The van der Waals surface area contributed by atoms with Crippen molar-refractivity contribution in [2.45, 2.75) is 20.0 Å². The monoisotopic (exact) mass is 446 g/mol. The number of rotatable bonds is 5. The van der Waals surface area contributed by atoms with Crippen LogP contribution in [0, 0.1) is 25.1 Å². The number of likely N-dealkylation sites (N-methyl/N-ethyl adjacent to an activating group) is 1. The van der Waals surface area contributed by atoms with Crippen LogP contribution in [0.25, 0.3) is 22.4 Å². The molecule has 0 fully saturated rings. The Bertz CT molecular complexity index is 1250. The summed E-state index contributed by atoms with van der Waals surface area (Å²) < 4.78 is 53.9. The van der Waals surface area contributed by atoms with Crippen molar-refractivity contribution >= 4 is 28.8 Å². The molecule has 166 valence electrons. The van der Waals surface area contributed by atoms with E-state index in [0.29, 0.717) is 5.56 Å². The first-order valence-corrected chi connectivity index (χ1v) is 9.27. The predicted molar refractivity (Wildman–Crippen MR) is 112 cm³/mol. The maximum atomic E-state index is 14.9. The lowest BCUT2D eigenvalue weighted by Gasteiger charge is -2.13. The molecule has 0 bridgehead atoms. The summed E-state index contributed by atoms with van der Waals surface area (Å²) in [5, 5.41) is 12.1. The molecule has 2 aromatic heterocycles. The van der Waals surface area contributed by atoms with Crippen molar-refractivity contribution in [3.05, 3.63) is 58.8 Å². The molecule has 0 aliphatic rings. The molecular weight excluding hydrogens is 428 g/mol. The van der Waals surface area contributed by atoms with E-state index < -0.39 is 23.6 Å². The van der Waals surface area contributed by atoms with Gasteiger partial charge in [0.15, 0.2) is 5.82 Å². The van der Waals surface area contributed by atoms with E-state index in [9.17, 15) is 22.4 Å². The normalized spacial score (nSPS) is 12.0. The molecule has 0 atom stereocenters. The maximum Gasteiger partial charge on any atom is 0.433 e. The van der Waals surface area contributed by atoms with E-state index in [2.05, 4.69) is 25.6 Å². The third-order valence-corrected chi connectivity index (χ3v) is 4.67. The van der Waals surface area contributed by atoms with Gasteiger partial charge in [-0.2, -0.15) is 13.2 Å². The number of carbonyl (C=O) groups excluding carboxylic acids is 1. The molecule has 0 radical (unpaired) electrons. The van der Waals surface area contributed by atoms with Crippen LogP contribution in [-0.2, 0) is 11.0 Å². The second-order valence-corrected chi connectivity index (χ2v) is 6.80. The first-order valence-electron chi connectivity index (χ1n) is 9.27. The Morgan fingerprint density at radius 3 is 2.53 bits per heavy atom. The number of nitrogens with zero attached hydrogens (tertiary/aromatic N) is 3. The number of hydrogen-bond donors (Lipinski definition) is 3. The van der Waals surface area contributed by atoms with Crippen molar-refractivity contribution in [2.75, 3.05) is 12.4 Å². The molecule has 0 unspecified atom stereocenters. The zero-order valence-electron chi connectivity index (χ0n) is 17.2. The molecule has 0 aliphatic carbocycles. The van der Waals surface area contributed by atoms with Crippen LogP contribution in [-0.4, -0.2) is 34.1 Å². The number of aryl methyl sites for hydroxylation is 1. The standard InChI is InChI=1S/C21H18F4N6O/c1-10-8-16(21(23,24)25)29-15-9-28-19(31-18(10)15)12-4-5-13(17(22)11(12)2)30-20(32)14(27-3)6-7-26/h4-9,26-27H,1-3H3,(H,30,32)/b14-6-,26-7?. The van der Waals surface area contributed by atoms with Crippen LogP contribution in [0.4, 0.5) is 23.2 Å². The topological polar surface area (TPSA) is 104 Å². The Kier molecular flexibility index (Phi) is 6.19. The fraction of sp³-hybridized carbons (Fsp3) is 0.190. The molecule has 3 rings (SSSR count). The number of amides is 1. The van der Waals surface area contributed by atoms with Crippen LogP contribution in [0.2, 0.25) is 0 Å². The molecule has 0 saturated carbocycles. The van der Waals surface area contributed by atoms with Gasteiger partial charge in [0.2, 0.25) is 0 Å². The van der Waals surface area contributed by atoms with Gasteiger partial charge in [0.05, 0.1) is 17.4 Å². The lowest BCUT2D eigenvalue weighted by atomic mass is 10.1. The van der Waals surface area contributed by atoms with Gasteiger partial charge in [0.25, 0.3) is 5.91 Å². The van der Waals surface area contributed by atoms with Gasteiger partial charge in [-0.3, -0.25) is 4.79 Å². The minimum Gasteiger partial charge on any atom is -0.384 e. The van der Waals surface area contributed by atoms with E-state index in [-0.39, 0.29) is 39.4 Å². The minimum atomic E-state index is -4.60. The number of carbonyl (C=O) groups is 1. The lowest BCUT2D eigenvalue weighted by molar-refractivity contribution is -0.141. The number of nitrogens with one attached hydrogen (secondary N) is 3. The number of pyridine rings is 1. The highest BCUT2D eigenvalue weighted by molar-refractivity contribution is 6.05. The average molecular weight is 446 g/mol. The third kappa shape index (κ3) is 4.41. The Balaban J connectivity index is 2.01. The minimum absolute atomic E-state index is 0.0272. The highest BCUT2D eigenvalue weighted by Gasteiger charge is 2.33. The zero-order chi connectivity index (χ0) is 23.6. The number of hydrogen-bond acceptors (Lipinski definition) is 6. The number of halogens is 4. The molecule has 7 nitrogen and oxygen atoms in total. The Hall–Kier alpha value is -3.89. The Morgan fingerprint density at radius 1 is 1.19 bits per heavy atom. The van der Waals surface area contributed by atoms with Gasteiger partial charge in [-0.15, -0.1) is 0 Å². The van der Waals surface area contributed by atoms with E-state index >= 15 is 0 Å². The summed E-state index contributed by atoms with van der Waals surface area (Å²) in [6.07, 6.45) is -1.30. The van der Waals surface area contributed by atoms with Gasteiger partial charge in [-0.25, -0.2) is 19.3 Å². The fourth-order valence-corrected chi connectivity index (χ4v) is 3.03. The summed E-state index contributed by atoms with van der Waals surface area (Å²) in [5.74, 6) is -1.24. The highest BCUT2D eigenvalue weighted by atomic mass is 19.4. The number of aromatic nitrogens is 3. The molecule has 0 saturated heterocycles. The molecule has 0 spiro atoms. The first kappa shape index (κ1) is 22.8. The molecule has 3 N–H and O–H groups in total. The van der Waals surface area contributed by atoms with Crippen molar-refractivity contribution in [1.82, 2.24) is 20.3 Å². The number of fused-ring (bicyclic) bond motifs is 1. The molecule has 1 amide bonds. The van der Waals surface area contributed by atoms with Crippen LogP contribution in [0.5, 0.6) is 0 Å². The molecule has 2 heterocycles. The van der Waals surface area contributed by atoms with Crippen molar-refractivity contribution in [3.8, 4) is 11.4 Å². The van der Waals surface area contributed by atoms with Gasteiger partial charge < -0.3 is 16.0 Å². The van der Waals surface area contributed by atoms with Crippen molar-refractivity contribution in [2.24, 2.45) is 0 Å². The van der Waals surface area contributed by atoms with E-state index in [1.165, 1.54) is 39.1 Å². The first-order chi connectivity index (χ1) is 15.1. The van der Waals surface area contributed by atoms with Crippen LogP contribution in [0.15, 0.2) is 36.2 Å². The lowest BCUT2D eigenvalue weighted by Crippen LogP contribution is -2.23. The van der Waals surface area contributed by atoms with E-state index in [1.54, 1.807) is 0 Å². The summed E-state index contributed by atoms with van der Waals surface area (Å²) in [5.41, 5.74) is -0.163. The van der Waals surface area contributed by atoms with Crippen molar-refractivity contribution in [3.63, 3.8) is 0 Å². The summed E-state index contributed by atoms with van der Waals surface area (Å²) in [7, 11) is 1.49. The van der Waals surface area contributed by atoms with Crippen LogP contribution >= 0.6 is 0 Å². The van der Waals surface area contributed by atoms with Crippen molar-refractivity contribution < 1.29 is 22.4 Å². The zero-order valence-corrected chi connectivity index (χ0v) is 17.2. The summed E-state index contributed by atoms with van der Waals surface area (Å²) in [4.78, 5) is 24.1. The number of allylic oxidation sites excluding steroid dienone is 1. The van der Waals surface area contributed by atoms with Gasteiger partial charge in [-0.1, -0.05) is 0 Å². The summed E-state index contributed by atoms with van der Waals surface area (Å²) >= 11 is 0. The molecule has 0 aliphatic heterocycles. The number of alkyl halides is 3. The molecule has 32 heavy (non-hydrogen) atoms. The largest absolute Gasteiger partial charge is 0.433 e. The van der Waals surface area contributed by atoms with Crippen LogP contribution in [0.1, 0.15) is 16.8 Å². The Labute approximate surface area is 180 Å². The highest BCUT2D eigenvalue weighted by Crippen LogP contribution is 2.32. The maximum absolute atomic E-state index is 14.9. The average Bonchev–Trinajstić information content (AvgIpc) is 2.74. The van der Waals surface area contributed by atoms with Gasteiger partial charge >= 0.3 is 6.18 Å². The molecular formula is C21H18F4N6O. The van der Waals surface area contributed by atoms with Gasteiger partial charge in [-0.05, 0) is 49.2 Å². The van der Waals surface area contributed by atoms with E-state index in [4.69, 9.17) is 5.41 Å².